The van der Waals surface area contributed by atoms with Crippen LogP contribution in [0.3, 0.4) is 0 Å². The Morgan fingerprint density at radius 1 is 0.906 bits per heavy atom. The topological polar surface area (TPSA) is 48.5 Å². The van der Waals surface area contributed by atoms with Gasteiger partial charge in [-0.25, -0.2) is 4.98 Å². The van der Waals surface area contributed by atoms with Gasteiger partial charge in [-0.2, -0.15) is 13.2 Å². The minimum Gasteiger partial charge on any atom is -0.354 e. The molecule has 2 aromatic carbocycles. The Morgan fingerprint density at radius 2 is 1.59 bits per heavy atom. The average Bonchev–Trinajstić information content (AvgIpc) is 2.80. The molecule has 8 heteroatoms. The van der Waals surface area contributed by atoms with Crippen molar-refractivity contribution in [1.29, 1.82) is 0 Å². The maximum Gasteiger partial charge on any atom is 0.417 e. The third-order valence-electron chi connectivity index (χ3n) is 5.42. The standard InChI is InChI=1S/C24H23F3N4O/c25-24(26,27)19-10-11-22(28-16-19)31-14-12-30(13-15-31)17-23(32)29-21-9-5-4-8-20(21)18-6-2-1-3-7-18/h1-11,16H,12-15,17H2,(H,29,32). The van der Waals surface area contributed by atoms with Crippen molar-refractivity contribution in [1.82, 2.24) is 9.88 Å². The van der Waals surface area contributed by atoms with Crippen molar-refractivity contribution in [3.63, 3.8) is 0 Å². The zero-order valence-corrected chi connectivity index (χ0v) is 17.3. The number of hydrogen-bond acceptors (Lipinski definition) is 4. The minimum atomic E-state index is -4.39. The molecule has 4 rings (SSSR count). The van der Waals surface area contributed by atoms with Crippen LogP contribution in [0.2, 0.25) is 0 Å². The van der Waals surface area contributed by atoms with Crippen LogP contribution in [0.4, 0.5) is 24.7 Å². The second-order valence-corrected chi connectivity index (χ2v) is 7.63. The molecule has 0 unspecified atom stereocenters. The second-order valence-electron chi connectivity index (χ2n) is 7.63. The number of carbonyl (C=O) groups is 1. The first kappa shape index (κ1) is 21.8. The summed E-state index contributed by atoms with van der Waals surface area (Å²) in [6.45, 7) is 2.67. The van der Waals surface area contributed by atoms with Gasteiger partial charge in [0.05, 0.1) is 12.1 Å². The molecule has 0 radical (unpaired) electrons. The fourth-order valence-electron chi connectivity index (χ4n) is 3.73. The molecule has 1 N–H and O–H groups in total. The van der Waals surface area contributed by atoms with Gasteiger partial charge in [0.25, 0.3) is 0 Å². The molecule has 1 aliphatic rings. The van der Waals surface area contributed by atoms with E-state index in [-0.39, 0.29) is 12.5 Å². The molecule has 166 valence electrons. The Labute approximate surface area is 184 Å². The van der Waals surface area contributed by atoms with Crippen LogP contribution in [-0.4, -0.2) is 48.5 Å². The summed E-state index contributed by atoms with van der Waals surface area (Å²) in [4.78, 5) is 20.6. The van der Waals surface area contributed by atoms with Crippen molar-refractivity contribution >= 4 is 17.4 Å². The van der Waals surface area contributed by atoms with E-state index in [2.05, 4.69) is 10.3 Å². The van der Waals surface area contributed by atoms with Gasteiger partial charge < -0.3 is 10.2 Å². The number of nitrogens with one attached hydrogen (secondary N) is 1. The van der Waals surface area contributed by atoms with Gasteiger partial charge in [-0.05, 0) is 23.8 Å². The van der Waals surface area contributed by atoms with E-state index in [1.165, 1.54) is 6.07 Å². The summed E-state index contributed by atoms with van der Waals surface area (Å²) in [6.07, 6.45) is -3.53. The molecule has 1 amide bonds. The lowest BCUT2D eigenvalue weighted by Crippen LogP contribution is -2.49. The highest BCUT2D eigenvalue weighted by atomic mass is 19.4. The summed E-state index contributed by atoms with van der Waals surface area (Å²) < 4.78 is 38.1. The summed E-state index contributed by atoms with van der Waals surface area (Å²) in [6, 6.07) is 20.0. The molecule has 1 fully saturated rings. The van der Waals surface area contributed by atoms with E-state index in [9.17, 15) is 18.0 Å². The molecule has 1 saturated heterocycles. The Balaban J connectivity index is 1.32. The molecule has 0 bridgehead atoms. The third-order valence-corrected chi connectivity index (χ3v) is 5.42. The van der Waals surface area contributed by atoms with Crippen LogP contribution >= 0.6 is 0 Å². The Morgan fingerprint density at radius 3 is 2.25 bits per heavy atom. The van der Waals surface area contributed by atoms with Crippen LogP contribution < -0.4 is 10.2 Å². The number of para-hydroxylation sites is 1. The maximum atomic E-state index is 12.7. The fourth-order valence-corrected chi connectivity index (χ4v) is 3.73. The van der Waals surface area contributed by atoms with Crippen molar-refractivity contribution in [3.8, 4) is 11.1 Å². The highest BCUT2D eigenvalue weighted by Gasteiger charge is 2.31. The molecule has 2 heterocycles. The summed E-state index contributed by atoms with van der Waals surface area (Å²) in [5.41, 5.74) is 1.99. The number of alkyl halides is 3. The van der Waals surface area contributed by atoms with Crippen molar-refractivity contribution in [2.75, 3.05) is 42.9 Å². The number of benzene rings is 2. The van der Waals surface area contributed by atoms with Crippen LogP contribution in [0.15, 0.2) is 72.9 Å². The van der Waals surface area contributed by atoms with Gasteiger partial charge in [0.2, 0.25) is 5.91 Å². The summed E-state index contributed by atoms with van der Waals surface area (Å²) in [5.74, 6) is 0.411. The Hall–Kier alpha value is -3.39. The van der Waals surface area contributed by atoms with E-state index in [1.54, 1.807) is 0 Å². The molecule has 32 heavy (non-hydrogen) atoms. The molecule has 0 aliphatic carbocycles. The van der Waals surface area contributed by atoms with Gasteiger partial charge in [-0.15, -0.1) is 0 Å². The number of hydrogen-bond donors (Lipinski definition) is 1. The molecule has 3 aromatic rings. The number of carbonyl (C=O) groups excluding carboxylic acids is 1. The first-order valence-electron chi connectivity index (χ1n) is 10.3. The average molecular weight is 440 g/mol. The predicted octanol–water partition coefficient (Wildman–Crippen LogP) is 4.53. The van der Waals surface area contributed by atoms with Gasteiger partial charge in [-0.1, -0.05) is 48.5 Å². The monoisotopic (exact) mass is 440 g/mol. The normalized spacial score (nSPS) is 14.9. The highest BCUT2D eigenvalue weighted by Crippen LogP contribution is 2.30. The zero-order valence-electron chi connectivity index (χ0n) is 17.3. The van der Waals surface area contributed by atoms with Crippen LogP contribution in [-0.2, 0) is 11.0 Å². The molecule has 1 aliphatic heterocycles. The van der Waals surface area contributed by atoms with E-state index in [4.69, 9.17) is 0 Å². The lowest BCUT2D eigenvalue weighted by atomic mass is 10.0. The van der Waals surface area contributed by atoms with E-state index in [1.807, 2.05) is 64.4 Å². The molecule has 5 nitrogen and oxygen atoms in total. The Bertz CT molecular complexity index is 1050. The molecule has 1 aromatic heterocycles. The second kappa shape index (κ2) is 9.40. The number of pyridine rings is 1. The van der Waals surface area contributed by atoms with E-state index >= 15 is 0 Å². The minimum absolute atomic E-state index is 0.102. The van der Waals surface area contributed by atoms with Gasteiger partial charge >= 0.3 is 6.18 Å². The van der Waals surface area contributed by atoms with Gasteiger partial charge in [0.1, 0.15) is 5.82 Å². The molecular weight excluding hydrogens is 417 g/mol. The lowest BCUT2D eigenvalue weighted by Gasteiger charge is -2.35. The first-order valence-corrected chi connectivity index (χ1v) is 10.3. The molecule has 0 spiro atoms. The van der Waals surface area contributed by atoms with E-state index < -0.39 is 11.7 Å². The Kier molecular flexibility index (Phi) is 6.41. The van der Waals surface area contributed by atoms with Gasteiger partial charge in [-0.3, -0.25) is 9.69 Å². The van der Waals surface area contributed by atoms with Crippen LogP contribution in [0.5, 0.6) is 0 Å². The van der Waals surface area contributed by atoms with Crippen LogP contribution in [0, 0.1) is 0 Å². The third kappa shape index (κ3) is 5.26. The number of halogens is 3. The SMILES string of the molecule is O=C(CN1CCN(c2ccc(C(F)(F)F)cn2)CC1)Nc1ccccc1-c1ccccc1. The summed E-state index contributed by atoms with van der Waals surface area (Å²) in [7, 11) is 0. The van der Waals surface area contributed by atoms with Gasteiger partial charge in [0, 0.05) is 43.6 Å². The smallest absolute Gasteiger partial charge is 0.354 e. The molecular formula is C24H23F3N4O. The van der Waals surface area contributed by atoms with Crippen molar-refractivity contribution in [2.24, 2.45) is 0 Å². The lowest BCUT2D eigenvalue weighted by molar-refractivity contribution is -0.137. The molecule has 0 saturated carbocycles. The van der Waals surface area contributed by atoms with Gasteiger partial charge in [0.15, 0.2) is 0 Å². The number of aromatic nitrogens is 1. The fraction of sp³-hybridized carbons (Fsp3) is 0.250. The number of piperazine rings is 1. The first-order chi connectivity index (χ1) is 15.4. The summed E-state index contributed by atoms with van der Waals surface area (Å²) >= 11 is 0. The zero-order chi connectivity index (χ0) is 22.6. The summed E-state index contributed by atoms with van der Waals surface area (Å²) in [5, 5.41) is 3.01. The molecule has 0 atom stereocenters. The quantitative estimate of drug-likeness (QED) is 0.634. The van der Waals surface area contributed by atoms with Crippen LogP contribution in [0.25, 0.3) is 11.1 Å². The number of rotatable bonds is 5. The van der Waals surface area contributed by atoms with Crippen molar-refractivity contribution in [2.45, 2.75) is 6.18 Å². The number of amides is 1. The van der Waals surface area contributed by atoms with Crippen LogP contribution in [0.1, 0.15) is 5.56 Å². The predicted molar refractivity (Wildman–Crippen MR) is 118 cm³/mol. The number of nitrogens with zero attached hydrogens (tertiary/aromatic N) is 3. The maximum absolute atomic E-state index is 12.7. The largest absolute Gasteiger partial charge is 0.417 e. The van der Waals surface area contributed by atoms with Crippen molar-refractivity contribution < 1.29 is 18.0 Å². The van der Waals surface area contributed by atoms with Crippen molar-refractivity contribution in [3.05, 3.63) is 78.5 Å². The highest BCUT2D eigenvalue weighted by molar-refractivity contribution is 5.96. The number of anilines is 2. The van der Waals surface area contributed by atoms with E-state index in [0.717, 1.165) is 29.1 Å². The van der Waals surface area contributed by atoms with E-state index in [0.29, 0.717) is 32.0 Å².